The van der Waals surface area contributed by atoms with Crippen LogP contribution in [0.4, 0.5) is 0 Å². The maximum Gasteiger partial charge on any atom is 0.0495 e. The first kappa shape index (κ1) is 13.3. The summed E-state index contributed by atoms with van der Waals surface area (Å²) >= 11 is 0. The van der Waals surface area contributed by atoms with Crippen molar-refractivity contribution in [1.29, 1.82) is 0 Å². The molecule has 3 nitrogen and oxygen atoms in total. The van der Waals surface area contributed by atoms with Crippen molar-refractivity contribution in [2.45, 2.75) is 39.2 Å². The zero-order chi connectivity index (χ0) is 12.1. The lowest BCUT2D eigenvalue weighted by Crippen LogP contribution is -2.53. The van der Waals surface area contributed by atoms with Gasteiger partial charge in [-0.3, -0.25) is 0 Å². The molecule has 2 aliphatic rings. The van der Waals surface area contributed by atoms with Gasteiger partial charge in [-0.2, -0.15) is 0 Å². The molecule has 3 atom stereocenters. The number of nitrogens with zero attached hydrogens (tertiary/aromatic N) is 1. The summed E-state index contributed by atoms with van der Waals surface area (Å²) in [4.78, 5) is 2.64. The Bertz CT molecular complexity index is 216. The summed E-state index contributed by atoms with van der Waals surface area (Å²) in [5, 5.41) is 3.66. The van der Waals surface area contributed by atoms with Crippen molar-refractivity contribution in [2.75, 3.05) is 39.4 Å². The van der Waals surface area contributed by atoms with Crippen molar-refractivity contribution in [2.24, 2.45) is 11.8 Å². The highest BCUT2D eigenvalue weighted by molar-refractivity contribution is 4.82. The zero-order valence-corrected chi connectivity index (χ0v) is 11.5. The summed E-state index contributed by atoms with van der Waals surface area (Å²) in [5.74, 6) is 1.62. The van der Waals surface area contributed by atoms with Gasteiger partial charge in [0.2, 0.25) is 0 Å². The standard InChI is InChI=1S/C14H28N2O/c1-3-12(2)14-10-16(8-6-15-14)7-4-13-5-9-17-11-13/h12-15H,3-11H2,1-2H3. The van der Waals surface area contributed by atoms with E-state index < -0.39 is 0 Å². The number of piperazine rings is 1. The van der Waals surface area contributed by atoms with Crippen molar-refractivity contribution in [1.82, 2.24) is 10.2 Å². The summed E-state index contributed by atoms with van der Waals surface area (Å²) in [6, 6.07) is 0.702. The van der Waals surface area contributed by atoms with Crippen LogP contribution in [0.1, 0.15) is 33.1 Å². The van der Waals surface area contributed by atoms with Crippen LogP contribution in [0.2, 0.25) is 0 Å². The molecule has 0 bridgehead atoms. The molecule has 2 aliphatic heterocycles. The van der Waals surface area contributed by atoms with Crippen LogP contribution in [0.5, 0.6) is 0 Å². The maximum atomic E-state index is 5.44. The monoisotopic (exact) mass is 240 g/mol. The van der Waals surface area contributed by atoms with Gasteiger partial charge in [-0.1, -0.05) is 20.3 Å². The topological polar surface area (TPSA) is 24.5 Å². The van der Waals surface area contributed by atoms with Crippen molar-refractivity contribution < 1.29 is 4.74 Å². The third kappa shape index (κ3) is 3.94. The fraction of sp³-hybridized carbons (Fsp3) is 1.00. The lowest BCUT2D eigenvalue weighted by atomic mass is 9.96. The zero-order valence-electron chi connectivity index (χ0n) is 11.5. The molecular weight excluding hydrogens is 212 g/mol. The predicted molar refractivity (Wildman–Crippen MR) is 71.2 cm³/mol. The summed E-state index contributed by atoms with van der Waals surface area (Å²) in [6.45, 7) is 11.5. The van der Waals surface area contributed by atoms with E-state index in [9.17, 15) is 0 Å². The first-order valence-electron chi connectivity index (χ1n) is 7.33. The van der Waals surface area contributed by atoms with Gasteiger partial charge in [0.1, 0.15) is 0 Å². The smallest absolute Gasteiger partial charge is 0.0495 e. The third-order valence-corrected chi connectivity index (χ3v) is 4.50. The van der Waals surface area contributed by atoms with Gasteiger partial charge in [-0.05, 0) is 31.2 Å². The maximum absolute atomic E-state index is 5.44. The highest BCUT2D eigenvalue weighted by atomic mass is 16.5. The van der Waals surface area contributed by atoms with E-state index >= 15 is 0 Å². The summed E-state index contributed by atoms with van der Waals surface area (Å²) in [5.41, 5.74) is 0. The Morgan fingerprint density at radius 2 is 2.35 bits per heavy atom. The summed E-state index contributed by atoms with van der Waals surface area (Å²) < 4.78 is 5.44. The minimum absolute atomic E-state index is 0.702. The molecule has 0 aromatic heterocycles. The second kappa shape index (κ2) is 6.72. The van der Waals surface area contributed by atoms with Crippen molar-refractivity contribution in [3.63, 3.8) is 0 Å². The molecule has 2 fully saturated rings. The third-order valence-electron chi connectivity index (χ3n) is 4.50. The molecule has 0 radical (unpaired) electrons. The number of hydrogen-bond acceptors (Lipinski definition) is 3. The number of hydrogen-bond donors (Lipinski definition) is 1. The normalized spacial score (nSPS) is 32.8. The second-order valence-corrected chi connectivity index (χ2v) is 5.77. The Balaban J connectivity index is 1.69. The highest BCUT2D eigenvalue weighted by Crippen LogP contribution is 2.18. The Morgan fingerprint density at radius 3 is 3.06 bits per heavy atom. The van der Waals surface area contributed by atoms with E-state index in [0.717, 1.165) is 31.6 Å². The van der Waals surface area contributed by atoms with Crippen LogP contribution in [-0.2, 0) is 4.74 Å². The number of nitrogens with one attached hydrogen (secondary N) is 1. The molecule has 2 heterocycles. The number of rotatable bonds is 5. The van der Waals surface area contributed by atoms with Gasteiger partial charge in [0.25, 0.3) is 0 Å². The Labute approximate surface area is 106 Å². The van der Waals surface area contributed by atoms with E-state index in [0.29, 0.717) is 6.04 Å². The van der Waals surface area contributed by atoms with Crippen LogP contribution in [0.15, 0.2) is 0 Å². The average Bonchev–Trinajstić information content (AvgIpc) is 2.89. The van der Waals surface area contributed by atoms with Gasteiger partial charge >= 0.3 is 0 Å². The van der Waals surface area contributed by atoms with E-state index in [2.05, 4.69) is 24.1 Å². The van der Waals surface area contributed by atoms with E-state index in [1.54, 1.807) is 0 Å². The van der Waals surface area contributed by atoms with Crippen LogP contribution in [-0.4, -0.2) is 50.3 Å². The van der Waals surface area contributed by atoms with Crippen LogP contribution >= 0.6 is 0 Å². The highest BCUT2D eigenvalue weighted by Gasteiger charge is 2.24. The molecule has 0 spiro atoms. The molecule has 100 valence electrons. The molecule has 2 saturated heterocycles. The van der Waals surface area contributed by atoms with Gasteiger partial charge < -0.3 is 15.0 Å². The summed E-state index contributed by atoms with van der Waals surface area (Å²) in [7, 11) is 0. The van der Waals surface area contributed by atoms with E-state index in [1.165, 1.54) is 38.9 Å². The van der Waals surface area contributed by atoms with Crippen LogP contribution < -0.4 is 5.32 Å². The first-order chi connectivity index (χ1) is 8.29. The second-order valence-electron chi connectivity index (χ2n) is 5.77. The molecule has 2 rings (SSSR count). The van der Waals surface area contributed by atoms with Crippen LogP contribution in [0.3, 0.4) is 0 Å². The number of ether oxygens (including phenoxy) is 1. The van der Waals surface area contributed by atoms with Crippen LogP contribution in [0.25, 0.3) is 0 Å². The van der Waals surface area contributed by atoms with E-state index in [1.807, 2.05) is 0 Å². The fourth-order valence-corrected chi connectivity index (χ4v) is 2.89. The SMILES string of the molecule is CCC(C)C1CN(CCC2CCOC2)CCN1. The van der Waals surface area contributed by atoms with Crippen molar-refractivity contribution >= 4 is 0 Å². The van der Waals surface area contributed by atoms with Crippen LogP contribution in [0, 0.1) is 11.8 Å². The molecular formula is C14H28N2O. The molecule has 0 aromatic rings. The molecule has 17 heavy (non-hydrogen) atoms. The first-order valence-corrected chi connectivity index (χ1v) is 7.33. The Kier molecular flexibility index (Phi) is 5.26. The van der Waals surface area contributed by atoms with Gasteiger partial charge in [-0.15, -0.1) is 0 Å². The Hall–Kier alpha value is -0.120. The molecule has 0 aromatic carbocycles. The molecule has 3 unspecified atom stereocenters. The molecule has 0 amide bonds. The largest absolute Gasteiger partial charge is 0.381 e. The van der Waals surface area contributed by atoms with E-state index in [4.69, 9.17) is 4.74 Å². The van der Waals surface area contributed by atoms with Gasteiger partial charge in [0.15, 0.2) is 0 Å². The minimum atomic E-state index is 0.702. The van der Waals surface area contributed by atoms with Gasteiger partial charge in [-0.25, -0.2) is 0 Å². The predicted octanol–water partition coefficient (Wildman–Crippen LogP) is 1.73. The van der Waals surface area contributed by atoms with Gasteiger partial charge in [0.05, 0.1) is 0 Å². The van der Waals surface area contributed by atoms with Crippen molar-refractivity contribution in [3.8, 4) is 0 Å². The lowest BCUT2D eigenvalue weighted by Gasteiger charge is -2.36. The molecule has 1 N–H and O–H groups in total. The van der Waals surface area contributed by atoms with Crippen molar-refractivity contribution in [3.05, 3.63) is 0 Å². The van der Waals surface area contributed by atoms with Gasteiger partial charge in [0, 0.05) is 38.9 Å². The quantitative estimate of drug-likeness (QED) is 0.792. The molecule has 0 saturated carbocycles. The molecule has 3 heteroatoms. The summed E-state index contributed by atoms with van der Waals surface area (Å²) in [6.07, 6.45) is 3.88. The Morgan fingerprint density at radius 1 is 1.47 bits per heavy atom. The average molecular weight is 240 g/mol. The minimum Gasteiger partial charge on any atom is -0.381 e. The fourth-order valence-electron chi connectivity index (χ4n) is 2.89. The lowest BCUT2D eigenvalue weighted by molar-refractivity contribution is 0.151. The molecule has 0 aliphatic carbocycles. The van der Waals surface area contributed by atoms with E-state index in [-0.39, 0.29) is 0 Å².